The number of carbonyl (C=O) groups is 1. The maximum Gasteiger partial charge on any atom is 0.250 e. The smallest absolute Gasteiger partial charge is 0.250 e. The van der Waals surface area contributed by atoms with Crippen LogP contribution in [0.1, 0.15) is 19.8 Å². The van der Waals surface area contributed by atoms with Crippen molar-refractivity contribution in [3.05, 3.63) is 0 Å². The summed E-state index contributed by atoms with van der Waals surface area (Å²) in [5.41, 5.74) is 0. The molecule has 1 aliphatic heterocycles. The van der Waals surface area contributed by atoms with Crippen LogP contribution in [-0.4, -0.2) is 49.5 Å². The second-order valence-electron chi connectivity index (χ2n) is 3.69. The summed E-state index contributed by atoms with van der Waals surface area (Å²) in [6.45, 7) is 4.04. The molecule has 0 spiro atoms. The first kappa shape index (κ1) is 12.4. The van der Waals surface area contributed by atoms with Crippen molar-refractivity contribution in [2.24, 2.45) is 0 Å². The molecule has 1 aliphatic rings. The highest BCUT2D eigenvalue weighted by Crippen LogP contribution is 2.01. The van der Waals surface area contributed by atoms with E-state index >= 15 is 0 Å². The van der Waals surface area contributed by atoms with Crippen molar-refractivity contribution in [3.8, 4) is 0 Å². The highest BCUT2D eigenvalue weighted by atomic mass is 16.5. The minimum Gasteiger partial charge on any atom is -0.396 e. The lowest BCUT2D eigenvalue weighted by Crippen LogP contribution is -2.50. The van der Waals surface area contributed by atoms with Crippen molar-refractivity contribution >= 4 is 5.91 Å². The fourth-order valence-corrected chi connectivity index (χ4v) is 1.56. The topological polar surface area (TPSA) is 70.6 Å². The Morgan fingerprint density at radius 1 is 1.73 bits per heavy atom. The molecule has 3 N–H and O–H groups in total. The monoisotopic (exact) mass is 216 g/mol. The van der Waals surface area contributed by atoms with Crippen molar-refractivity contribution < 1.29 is 14.6 Å². The second kappa shape index (κ2) is 6.76. The highest BCUT2D eigenvalue weighted by Gasteiger charge is 2.23. The van der Waals surface area contributed by atoms with Crippen LogP contribution in [0, 0.1) is 0 Å². The third-order valence-corrected chi connectivity index (χ3v) is 2.54. The van der Waals surface area contributed by atoms with E-state index in [0.29, 0.717) is 19.6 Å². The molecule has 88 valence electrons. The molecule has 0 aromatic heterocycles. The standard InChI is InChI=1S/C10H20N2O3/c1-2-8(3-5-13)12-10(14)9-7-11-4-6-15-9/h8-9,11,13H,2-7H2,1H3,(H,12,14). The van der Waals surface area contributed by atoms with Crippen LogP contribution in [-0.2, 0) is 9.53 Å². The summed E-state index contributed by atoms with van der Waals surface area (Å²) in [6.07, 6.45) is 1.04. The molecule has 15 heavy (non-hydrogen) atoms. The van der Waals surface area contributed by atoms with Gasteiger partial charge in [-0.1, -0.05) is 6.92 Å². The predicted octanol–water partition coefficient (Wildman–Crippen LogP) is -0.748. The van der Waals surface area contributed by atoms with Gasteiger partial charge < -0.3 is 20.5 Å². The molecule has 0 radical (unpaired) electrons. The molecule has 1 amide bonds. The first-order chi connectivity index (χ1) is 7.27. The van der Waals surface area contributed by atoms with E-state index in [2.05, 4.69) is 10.6 Å². The quantitative estimate of drug-likeness (QED) is 0.565. The number of aliphatic hydroxyl groups excluding tert-OH is 1. The average Bonchev–Trinajstić information content (AvgIpc) is 2.29. The van der Waals surface area contributed by atoms with Crippen molar-refractivity contribution in [1.82, 2.24) is 10.6 Å². The molecular formula is C10H20N2O3. The van der Waals surface area contributed by atoms with Crippen LogP contribution in [0.4, 0.5) is 0 Å². The van der Waals surface area contributed by atoms with Crippen LogP contribution in [0.5, 0.6) is 0 Å². The Hall–Kier alpha value is -0.650. The van der Waals surface area contributed by atoms with Crippen LogP contribution in [0.15, 0.2) is 0 Å². The van der Waals surface area contributed by atoms with Gasteiger partial charge in [-0.3, -0.25) is 4.79 Å². The fourth-order valence-electron chi connectivity index (χ4n) is 1.56. The van der Waals surface area contributed by atoms with Crippen LogP contribution >= 0.6 is 0 Å². The molecule has 0 bridgehead atoms. The van der Waals surface area contributed by atoms with Crippen LogP contribution in [0.2, 0.25) is 0 Å². The molecule has 2 atom stereocenters. The number of aliphatic hydroxyl groups is 1. The zero-order chi connectivity index (χ0) is 11.1. The van der Waals surface area contributed by atoms with Crippen molar-refractivity contribution in [2.45, 2.75) is 31.9 Å². The van der Waals surface area contributed by atoms with Gasteiger partial charge in [-0.05, 0) is 12.8 Å². The zero-order valence-corrected chi connectivity index (χ0v) is 9.16. The first-order valence-corrected chi connectivity index (χ1v) is 5.51. The minimum atomic E-state index is -0.383. The Labute approximate surface area is 90.2 Å². The maximum atomic E-state index is 11.7. The van der Waals surface area contributed by atoms with Crippen LogP contribution < -0.4 is 10.6 Å². The molecule has 0 aliphatic carbocycles. The van der Waals surface area contributed by atoms with E-state index in [4.69, 9.17) is 9.84 Å². The molecule has 2 unspecified atom stereocenters. The van der Waals surface area contributed by atoms with Gasteiger partial charge in [0.25, 0.3) is 5.91 Å². The third kappa shape index (κ3) is 4.15. The van der Waals surface area contributed by atoms with Crippen LogP contribution in [0.25, 0.3) is 0 Å². The molecule has 1 saturated heterocycles. The number of ether oxygens (including phenoxy) is 1. The number of hydrogen-bond acceptors (Lipinski definition) is 4. The van der Waals surface area contributed by atoms with Crippen LogP contribution in [0.3, 0.4) is 0 Å². The third-order valence-electron chi connectivity index (χ3n) is 2.54. The largest absolute Gasteiger partial charge is 0.396 e. The molecular weight excluding hydrogens is 196 g/mol. The summed E-state index contributed by atoms with van der Waals surface area (Å²) in [6, 6.07) is 0.0491. The summed E-state index contributed by atoms with van der Waals surface area (Å²) in [5.74, 6) is -0.0810. The van der Waals surface area contributed by atoms with Gasteiger partial charge in [0.05, 0.1) is 6.61 Å². The maximum absolute atomic E-state index is 11.7. The van der Waals surface area contributed by atoms with Crippen molar-refractivity contribution in [3.63, 3.8) is 0 Å². The number of morpholine rings is 1. The second-order valence-corrected chi connectivity index (χ2v) is 3.69. The Kier molecular flexibility index (Phi) is 5.60. The summed E-state index contributed by atoms with van der Waals surface area (Å²) in [4.78, 5) is 11.7. The molecule has 0 aromatic rings. The summed E-state index contributed by atoms with van der Waals surface area (Å²) < 4.78 is 5.33. The Bertz CT molecular complexity index is 193. The van der Waals surface area contributed by atoms with E-state index in [-0.39, 0.29) is 24.7 Å². The molecule has 0 aromatic carbocycles. The van der Waals surface area contributed by atoms with E-state index in [1.165, 1.54) is 0 Å². The predicted molar refractivity (Wildman–Crippen MR) is 56.5 cm³/mol. The van der Waals surface area contributed by atoms with E-state index in [1.54, 1.807) is 0 Å². The fraction of sp³-hybridized carbons (Fsp3) is 0.900. The highest BCUT2D eigenvalue weighted by molar-refractivity contribution is 5.81. The van der Waals surface area contributed by atoms with Gasteiger partial charge in [-0.15, -0.1) is 0 Å². The lowest BCUT2D eigenvalue weighted by molar-refractivity contribution is -0.135. The zero-order valence-electron chi connectivity index (χ0n) is 9.16. The molecule has 1 fully saturated rings. The Morgan fingerprint density at radius 3 is 3.07 bits per heavy atom. The summed E-state index contributed by atoms with van der Waals surface area (Å²) in [7, 11) is 0. The van der Waals surface area contributed by atoms with Crippen molar-refractivity contribution in [1.29, 1.82) is 0 Å². The van der Waals surface area contributed by atoms with E-state index in [1.807, 2.05) is 6.92 Å². The van der Waals surface area contributed by atoms with Gasteiger partial charge in [0.1, 0.15) is 6.10 Å². The number of nitrogens with one attached hydrogen (secondary N) is 2. The van der Waals surface area contributed by atoms with E-state index < -0.39 is 0 Å². The first-order valence-electron chi connectivity index (χ1n) is 5.51. The Balaban J connectivity index is 2.31. The van der Waals surface area contributed by atoms with Gasteiger partial charge >= 0.3 is 0 Å². The van der Waals surface area contributed by atoms with Gasteiger partial charge in [-0.25, -0.2) is 0 Å². The van der Waals surface area contributed by atoms with Gasteiger partial charge in [-0.2, -0.15) is 0 Å². The molecule has 1 heterocycles. The SMILES string of the molecule is CCC(CCO)NC(=O)C1CNCCO1. The Morgan fingerprint density at radius 2 is 2.53 bits per heavy atom. The molecule has 1 rings (SSSR count). The van der Waals surface area contributed by atoms with Gasteiger partial charge in [0, 0.05) is 25.7 Å². The van der Waals surface area contributed by atoms with E-state index in [0.717, 1.165) is 13.0 Å². The lowest BCUT2D eigenvalue weighted by atomic mass is 10.1. The van der Waals surface area contributed by atoms with Gasteiger partial charge in [0.2, 0.25) is 0 Å². The minimum absolute atomic E-state index is 0.0491. The summed E-state index contributed by atoms with van der Waals surface area (Å²) in [5, 5.41) is 14.8. The molecule has 0 saturated carbocycles. The lowest BCUT2D eigenvalue weighted by Gasteiger charge is -2.25. The normalized spacial score (nSPS) is 23.5. The number of hydrogen-bond donors (Lipinski definition) is 3. The summed E-state index contributed by atoms with van der Waals surface area (Å²) >= 11 is 0. The molecule has 5 heteroatoms. The average molecular weight is 216 g/mol. The van der Waals surface area contributed by atoms with E-state index in [9.17, 15) is 4.79 Å². The number of rotatable bonds is 5. The molecule has 5 nitrogen and oxygen atoms in total. The number of carbonyl (C=O) groups excluding carboxylic acids is 1. The van der Waals surface area contributed by atoms with Gasteiger partial charge in [0.15, 0.2) is 0 Å². The van der Waals surface area contributed by atoms with Crippen molar-refractivity contribution in [2.75, 3.05) is 26.3 Å². The number of amides is 1.